The Morgan fingerprint density at radius 2 is 2.53 bits per heavy atom. The number of aromatic nitrogens is 2. The molecule has 6 heteroatoms. The van der Waals surface area contributed by atoms with Crippen LogP contribution in [0.4, 0.5) is 0 Å². The number of furan rings is 1. The lowest BCUT2D eigenvalue weighted by molar-refractivity contribution is 0.0532. The maximum Gasteiger partial charge on any atom is 0.352 e. The third-order valence-corrected chi connectivity index (χ3v) is 2.45. The molecule has 0 atom stereocenters. The summed E-state index contributed by atoms with van der Waals surface area (Å²) >= 11 is 1.02. The largest absolute Gasteiger partial charge is 0.472 e. The van der Waals surface area contributed by atoms with Crippen LogP contribution >= 0.6 is 11.5 Å². The summed E-state index contributed by atoms with van der Waals surface area (Å²) in [4.78, 5) is 11.9. The monoisotopic (exact) mass is 224 g/mol. The molecule has 0 bridgehead atoms. The van der Waals surface area contributed by atoms with E-state index < -0.39 is 5.97 Å². The Kier molecular flexibility index (Phi) is 2.77. The Hall–Kier alpha value is -1.69. The highest BCUT2D eigenvalue weighted by atomic mass is 32.1. The molecule has 78 valence electrons. The van der Waals surface area contributed by atoms with E-state index in [1.54, 1.807) is 13.0 Å². The van der Waals surface area contributed by atoms with Crippen molar-refractivity contribution < 1.29 is 13.9 Å². The van der Waals surface area contributed by atoms with Gasteiger partial charge in [-0.2, -0.15) is 0 Å². The van der Waals surface area contributed by atoms with Gasteiger partial charge in [0.25, 0.3) is 0 Å². The van der Waals surface area contributed by atoms with Gasteiger partial charge in [-0.3, -0.25) is 0 Å². The van der Waals surface area contributed by atoms with Gasteiger partial charge in [0.05, 0.1) is 19.1 Å². The van der Waals surface area contributed by atoms with Crippen LogP contribution in [0.1, 0.15) is 16.6 Å². The molecule has 2 heterocycles. The summed E-state index contributed by atoms with van der Waals surface area (Å²) in [7, 11) is 0. The normalized spacial score (nSPS) is 10.2. The fraction of sp³-hybridized carbons (Fsp3) is 0.222. The number of ether oxygens (including phenoxy) is 1. The molecule has 0 amide bonds. The van der Waals surface area contributed by atoms with Crippen molar-refractivity contribution in [3.8, 4) is 11.3 Å². The van der Waals surface area contributed by atoms with E-state index in [4.69, 9.17) is 9.15 Å². The first kappa shape index (κ1) is 9.85. The van der Waals surface area contributed by atoms with Crippen LogP contribution in [-0.4, -0.2) is 22.2 Å². The minimum Gasteiger partial charge on any atom is -0.472 e. The molecular weight excluding hydrogens is 216 g/mol. The molecule has 0 aromatic carbocycles. The van der Waals surface area contributed by atoms with E-state index in [0.29, 0.717) is 17.2 Å². The average molecular weight is 224 g/mol. The van der Waals surface area contributed by atoms with E-state index in [9.17, 15) is 4.79 Å². The third-order valence-electron chi connectivity index (χ3n) is 1.74. The van der Waals surface area contributed by atoms with Gasteiger partial charge in [-0.05, 0) is 24.5 Å². The Labute approximate surface area is 89.8 Å². The zero-order chi connectivity index (χ0) is 10.7. The van der Waals surface area contributed by atoms with Crippen LogP contribution in [0.15, 0.2) is 23.0 Å². The van der Waals surface area contributed by atoms with E-state index in [2.05, 4.69) is 9.59 Å². The highest BCUT2D eigenvalue weighted by molar-refractivity contribution is 7.08. The SMILES string of the molecule is CCOC(=O)c1snnc1-c1ccoc1. The summed E-state index contributed by atoms with van der Waals surface area (Å²) < 4.78 is 13.5. The fourth-order valence-electron chi connectivity index (χ4n) is 1.11. The van der Waals surface area contributed by atoms with Gasteiger partial charge in [0.15, 0.2) is 4.88 Å². The van der Waals surface area contributed by atoms with Crippen molar-refractivity contribution in [3.05, 3.63) is 23.5 Å². The molecule has 2 aromatic rings. The summed E-state index contributed by atoms with van der Waals surface area (Å²) in [6.07, 6.45) is 3.03. The van der Waals surface area contributed by atoms with Gasteiger partial charge >= 0.3 is 5.97 Å². The van der Waals surface area contributed by atoms with Gasteiger partial charge in [0, 0.05) is 5.56 Å². The molecule has 5 nitrogen and oxygen atoms in total. The topological polar surface area (TPSA) is 65.2 Å². The van der Waals surface area contributed by atoms with Crippen LogP contribution in [0.25, 0.3) is 11.3 Å². The van der Waals surface area contributed by atoms with Gasteiger partial charge in [-0.25, -0.2) is 4.79 Å². The maximum atomic E-state index is 11.5. The van der Waals surface area contributed by atoms with Crippen molar-refractivity contribution in [1.29, 1.82) is 0 Å². The molecule has 0 aliphatic rings. The average Bonchev–Trinajstić information content (AvgIpc) is 2.88. The van der Waals surface area contributed by atoms with Crippen LogP contribution in [0, 0.1) is 0 Å². The predicted octanol–water partition coefficient (Wildman–Crippen LogP) is 1.97. The van der Waals surface area contributed by atoms with Crippen molar-refractivity contribution in [2.75, 3.05) is 6.61 Å². The molecular formula is C9H8N2O3S. The Balaban J connectivity index is 2.34. The third kappa shape index (κ3) is 1.89. The highest BCUT2D eigenvalue weighted by Gasteiger charge is 2.19. The van der Waals surface area contributed by atoms with E-state index in [-0.39, 0.29) is 0 Å². The molecule has 2 aromatic heterocycles. The zero-order valence-electron chi connectivity index (χ0n) is 7.97. The predicted molar refractivity (Wildman–Crippen MR) is 53.6 cm³/mol. The number of hydrogen-bond donors (Lipinski definition) is 0. The van der Waals surface area contributed by atoms with E-state index in [1.807, 2.05) is 0 Å². The molecule has 0 spiro atoms. The Morgan fingerprint density at radius 3 is 3.20 bits per heavy atom. The van der Waals surface area contributed by atoms with E-state index in [0.717, 1.165) is 17.1 Å². The second kappa shape index (κ2) is 4.22. The molecule has 0 radical (unpaired) electrons. The smallest absolute Gasteiger partial charge is 0.352 e. The summed E-state index contributed by atoms with van der Waals surface area (Å²) in [5, 5.41) is 3.87. The summed E-state index contributed by atoms with van der Waals surface area (Å²) in [5.41, 5.74) is 1.24. The molecule has 15 heavy (non-hydrogen) atoms. The van der Waals surface area contributed by atoms with Gasteiger partial charge in [0.1, 0.15) is 5.69 Å². The first-order valence-corrected chi connectivity index (χ1v) is 5.12. The number of rotatable bonds is 3. The Bertz CT molecular complexity index is 450. The van der Waals surface area contributed by atoms with Gasteiger partial charge < -0.3 is 9.15 Å². The van der Waals surface area contributed by atoms with Gasteiger partial charge in [-0.1, -0.05) is 4.49 Å². The zero-order valence-corrected chi connectivity index (χ0v) is 8.78. The van der Waals surface area contributed by atoms with Gasteiger partial charge in [-0.15, -0.1) is 5.10 Å². The van der Waals surface area contributed by atoms with Crippen molar-refractivity contribution in [2.45, 2.75) is 6.92 Å². The lowest BCUT2D eigenvalue weighted by Crippen LogP contribution is -2.03. The molecule has 0 unspecified atom stereocenters. The number of carbonyl (C=O) groups excluding carboxylic acids is 1. The molecule has 0 aliphatic heterocycles. The van der Waals surface area contributed by atoms with Crippen LogP contribution in [0.3, 0.4) is 0 Å². The lowest BCUT2D eigenvalue weighted by atomic mass is 10.2. The summed E-state index contributed by atoms with van der Waals surface area (Å²) in [6.45, 7) is 2.09. The number of nitrogens with zero attached hydrogens (tertiary/aromatic N) is 2. The van der Waals surface area contributed by atoms with Crippen molar-refractivity contribution in [3.63, 3.8) is 0 Å². The number of carbonyl (C=O) groups is 1. The minimum absolute atomic E-state index is 0.335. The second-order valence-corrected chi connectivity index (χ2v) is 3.44. The van der Waals surface area contributed by atoms with Crippen molar-refractivity contribution in [1.82, 2.24) is 9.59 Å². The molecule has 2 rings (SSSR count). The van der Waals surface area contributed by atoms with E-state index in [1.165, 1.54) is 12.5 Å². The number of esters is 1. The van der Waals surface area contributed by atoms with E-state index >= 15 is 0 Å². The quantitative estimate of drug-likeness (QED) is 0.746. The molecule has 0 saturated carbocycles. The fourth-order valence-corrected chi connectivity index (χ4v) is 1.69. The van der Waals surface area contributed by atoms with Crippen LogP contribution in [0.2, 0.25) is 0 Å². The molecule has 0 N–H and O–H groups in total. The summed E-state index contributed by atoms with van der Waals surface area (Å²) in [6, 6.07) is 1.72. The molecule has 0 fully saturated rings. The van der Waals surface area contributed by atoms with Crippen molar-refractivity contribution >= 4 is 17.5 Å². The first-order valence-electron chi connectivity index (χ1n) is 4.35. The standard InChI is InChI=1S/C9H8N2O3S/c1-2-14-9(12)8-7(10-11-15-8)6-3-4-13-5-6/h3-5H,2H2,1H3. The molecule has 0 aliphatic carbocycles. The maximum absolute atomic E-state index is 11.5. The second-order valence-electron chi connectivity index (χ2n) is 2.68. The van der Waals surface area contributed by atoms with Crippen LogP contribution < -0.4 is 0 Å². The van der Waals surface area contributed by atoms with Crippen LogP contribution in [-0.2, 0) is 4.74 Å². The van der Waals surface area contributed by atoms with Crippen LogP contribution in [0.5, 0.6) is 0 Å². The number of hydrogen-bond acceptors (Lipinski definition) is 6. The van der Waals surface area contributed by atoms with Crippen molar-refractivity contribution in [2.24, 2.45) is 0 Å². The highest BCUT2D eigenvalue weighted by Crippen LogP contribution is 2.24. The lowest BCUT2D eigenvalue weighted by Gasteiger charge is -1.98. The Morgan fingerprint density at radius 1 is 1.67 bits per heavy atom. The minimum atomic E-state index is -0.399. The van der Waals surface area contributed by atoms with Gasteiger partial charge in [0.2, 0.25) is 0 Å². The summed E-state index contributed by atoms with van der Waals surface area (Å²) in [5.74, 6) is -0.399. The molecule has 0 saturated heterocycles. The first-order chi connectivity index (χ1) is 7.33.